The summed E-state index contributed by atoms with van der Waals surface area (Å²) >= 11 is 0. The normalized spacial score (nSPS) is 18.2. The molecule has 86 valence electrons. The first-order valence-electron chi connectivity index (χ1n) is 5.68. The molecule has 0 radical (unpaired) electrons. The molecule has 0 amide bonds. The molecule has 1 aromatic heterocycles. The first kappa shape index (κ1) is 10.1. The van der Waals surface area contributed by atoms with Crippen molar-refractivity contribution >= 4 is 11.4 Å². The number of benzene rings is 1. The van der Waals surface area contributed by atoms with Crippen molar-refractivity contribution in [1.82, 2.24) is 10.2 Å². The predicted octanol–water partition coefficient (Wildman–Crippen LogP) is 1.85. The number of para-hydroxylation sites is 1. The summed E-state index contributed by atoms with van der Waals surface area (Å²) in [6.45, 7) is 2.12. The van der Waals surface area contributed by atoms with Gasteiger partial charge in [0.25, 0.3) is 5.56 Å². The van der Waals surface area contributed by atoms with Gasteiger partial charge in [0.05, 0.1) is 6.20 Å². The Balaban J connectivity index is 2.18. The molecule has 1 N–H and O–H groups in total. The minimum absolute atomic E-state index is 0.115. The van der Waals surface area contributed by atoms with Gasteiger partial charge in [-0.1, -0.05) is 18.2 Å². The molecule has 4 nitrogen and oxygen atoms in total. The molecule has 4 heteroatoms. The SMILES string of the molecule is CC1Cc2cn[nH]c(=O)c2N1c1ccccc1. The van der Waals surface area contributed by atoms with Gasteiger partial charge in [0.15, 0.2) is 0 Å². The fourth-order valence-corrected chi connectivity index (χ4v) is 2.44. The number of nitrogens with zero attached hydrogens (tertiary/aromatic N) is 2. The lowest BCUT2D eigenvalue weighted by atomic mass is 10.2. The average Bonchev–Trinajstić information content (AvgIpc) is 2.68. The van der Waals surface area contributed by atoms with Crippen LogP contribution in [0.3, 0.4) is 0 Å². The van der Waals surface area contributed by atoms with Crippen LogP contribution in [0.25, 0.3) is 0 Å². The van der Waals surface area contributed by atoms with Gasteiger partial charge in [-0.3, -0.25) is 4.79 Å². The Labute approximate surface area is 98.9 Å². The molecule has 1 aromatic carbocycles. The quantitative estimate of drug-likeness (QED) is 0.808. The van der Waals surface area contributed by atoms with E-state index in [1.165, 1.54) is 0 Å². The van der Waals surface area contributed by atoms with Gasteiger partial charge in [0.1, 0.15) is 5.69 Å². The van der Waals surface area contributed by atoms with Crippen LogP contribution in [0.4, 0.5) is 11.4 Å². The number of rotatable bonds is 1. The number of hydrogen-bond acceptors (Lipinski definition) is 3. The van der Waals surface area contributed by atoms with E-state index in [0.717, 1.165) is 23.4 Å². The number of nitrogens with one attached hydrogen (secondary N) is 1. The van der Waals surface area contributed by atoms with Gasteiger partial charge in [0, 0.05) is 17.3 Å². The van der Waals surface area contributed by atoms with Gasteiger partial charge >= 0.3 is 0 Å². The average molecular weight is 227 g/mol. The van der Waals surface area contributed by atoms with Crippen LogP contribution in [0.1, 0.15) is 12.5 Å². The van der Waals surface area contributed by atoms with E-state index in [0.29, 0.717) is 0 Å². The summed E-state index contributed by atoms with van der Waals surface area (Å²) in [6.07, 6.45) is 2.61. The van der Waals surface area contributed by atoms with Crippen molar-refractivity contribution in [3.63, 3.8) is 0 Å². The van der Waals surface area contributed by atoms with E-state index in [9.17, 15) is 4.79 Å². The van der Waals surface area contributed by atoms with E-state index in [2.05, 4.69) is 22.0 Å². The third-order valence-electron chi connectivity index (χ3n) is 3.14. The maximum Gasteiger partial charge on any atom is 0.288 e. The van der Waals surface area contributed by atoms with Crippen molar-refractivity contribution < 1.29 is 0 Å². The molecule has 0 saturated carbocycles. The molecule has 0 aliphatic carbocycles. The fraction of sp³-hybridized carbons (Fsp3) is 0.231. The Bertz CT molecular complexity index is 591. The van der Waals surface area contributed by atoms with E-state index in [4.69, 9.17) is 0 Å². The van der Waals surface area contributed by atoms with Crippen molar-refractivity contribution in [2.45, 2.75) is 19.4 Å². The van der Waals surface area contributed by atoms with Crippen molar-refractivity contribution in [2.75, 3.05) is 4.90 Å². The summed E-state index contributed by atoms with van der Waals surface area (Å²) in [6, 6.07) is 10.3. The van der Waals surface area contributed by atoms with Gasteiger partial charge in [-0.2, -0.15) is 5.10 Å². The van der Waals surface area contributed by atoms with Crippen LogP contribution in [-0.2, 0) is 6.42 Å². The summed E-state index contributed by atoms with van der Waals surface area (Å²) in [7, 11) is 0. The van der Waals surface area contributed by atoms with Crippen LogP contribution in [-0.4, -0.2) is 16.2 Å². The lowest BCUT2D eigenvalue weighted by molar-refractivity contribution is 0.758. The van der Waals surface area contributed by atoms with Crippen LogP contribution in [0.15, 0.2) is 41.3 Å². The van der Waals surface area contributed by atoms with E-state index >= 15 is 0 Å². The highest BCUT2D eigenvalue weighted by Gasteiger charge is 2.29. The molecule has 17 heavy (non-hydrogen) atoms. The summed E-state index contributed by atoms with van der Waals surface area (Å²) in [4.78, 5) is 14.0. The van der Waals surface area contributed by atoms with E-state index in [1.807, 2.05) is 30.3 Å². The number of H-pyrrole nitrogens is 1. The maximum absolute atomic E-state index is 11.9. The van der Waals surface area contributed by atoms with Gasteiger partial charge in [-0.25, -0.2) is 5.10 Å². The summed E-state index contributed by atoms with van der Waals surface area (Å²) < 4.78 is 0. The molecule has 1 aliphatic heterocycles. The highest BCUT2D eigenvalue weighted by atomic mass is 16.1. The molecule has 1 atom stereocenters. The Morgan fingerprint density at radius 3 is 2.88 bits per heavy atom. The number of anilines is 2. The molecule has 0 saturated heterocycles. The third-order valence-corrected chi connectivity index (χ3v) is 3.14. The molecule has 0 bridgehead atoms. The summed E-state index contributed by atoms with van der Waals surface area (Å²) in [5.41, 5.74) is 2.69. The standard InChI is InChI=1S/C13H13N3O/c1-9-7-10-8-14-15-13(17)12(10)16(9)11-5-3-2-4-6-11/h2-6,8-9H,7H2,1H3,(H,15,17). The number of aromatic amines is 1. The minimum atomic E-state index is -0.115. The van der Waals surface area contributed by atoms with Crippen LogP contribution in [0.2, 0.25) is 0 Å². The maximum atomic E-state index is 11.9. The van der Waals surface area contributed by atoms with Gasteiger partial charge in [-0.05, 0) is 25.5 Å². The molecule has 0 spiro atoms. The second-order valence-electron chi connectivity index (χ2n) is 4.33. The first-order valence-corrected chi connectivity index (χ1v) is 5.68. The van der Waals surface area contributed by atoms with Gasteiger partial charge in [0.2, 0.25) is 0 Å². The number of fused-ring (bicyclic) bond motifs is 1. The van der Waals surface area contributed by atoms with Crippen LogP contribution < -0.4 is 10.5 Å². The molecule has 3 rings (SSSR count). The van der Waals surface area contributed by atoms with E-state index in [1.54, 1.807) is 6.20 Å². The second-order valence-corrected chi connectivity index (χ2v) is 4.33. The molecule has 2 aromatic rings. The van der Waals surface area contributed by atoms with Crippen molar-refractivity contribution in [1.29, 1.82) is 0 Å². The van der Waals surface area contributed by atoms with Crippen LogP contribution in [0.5, 0.6) is 0 Å². The Morgan fingerprint density at radius 1 is 1.35 bits per heavy atom. The summed E-state index contributed by atoms with van der Waals surface area (Å²) in [5.74, 6) is 0. The van der Waals surface area contributed by atoms with Crippen molar-refractivity contribution in [3.8, 4) is 0 Å². The monoisotopic (exact) mass is 227 g/mol. The zero-order valence-corrected chi connectivity index (χ0v) is 9.55. The minimum Gasteiger partial charge on any atom is -0.334 e. The van der Waals surface area contributed by atoms with E-state index in [-0.39, 0.29) is 11.6 Å². The third kappa shape index (κ3) is 1.53. The van der Waals surface area contributed by atoms with Gasteiger partial charge in [-0.15, -0.1) is 0 Å². The molecular formula is C13H13N3O. The molecule has 1 unspecified atom stereocenters. The number of aromatic nitrogens is 2. The van der Waals surface area contributed by atoms with Gasteiger partial charge < -0.3 is 4.90 Å². The predicted molar refractivity (Wildman–Crippen MR) is 66.6 cm³/mol. The Kier molecular flexibility index (Phi) is 2.21. The lowest BCUT2D eigenvalue weighted by Crippen LogP contribution is -2.27. The zero-order chi connectivity index (χ0) is 11.8. The highest BCUT2D eigenvalue weighted by molar-refractivity contribution is 5.69. The van der Waals surface area contributed by atoms with Crippen LogP contribution in [0, 0.1) is 0 Å². The van der Waals surface area contributed by atoms with Crippen LogP contribution >= 0.6 is 0 Å². The molecule has 0 fully saturated rings. The summed E-state index contributed by atoms with van der Waals surface area (Å²) in [5, 5.41) is 6.36. The first-order chi connectivity index (χ1) is 8.27. The Morgan fingerprint density at radius 2 is 2.12 bits per heavy atom. The van der Waals surface area contributed by atoms with Crippen molar-refractivity contribution in [2.24, 2.45) is 0 Å². The topological polar surface area (TPSA) is 49.0 Å². The highest BCUT2D eigenvalue weighted by Crippen LogP contribution is 2.34. The van der Waals surface area contributed by atoms with Crippen molar-refractivity contribution in [3.05, 3.63) is 52.4 Å². The largest absolute Gasteiger partial charge is 0.334 e. The van der Waals surface area contributed by atoms with E-state index < -0.39 is 0 Å². The Hall–Kier alpha value is -2.10. The number of hydrogen-bond donors (Lipinski definition) is 1. The lowest BCUT2D eigenvalue weighted by Gasteiger charge is -2.23. The fourth-order valence-electron chi connectivity index (χ4n) is 2.44. The smallest absolute Gasteiger partial charge is 0.288 e. The second kappa shape index (κ2) is 3.73. The molecular weight excluding hydrogens is 214 g/mol. The molecule has 1 aliphatic rings. The molecule has 2 heterocycles. The zero-order valence-electron chi connectivity index (χ0n) is 9.55.